The van der Waals surface area contributed by atoms with Gasteiger partial charge in [-0.15, -0.1) is 10.2 Å². The van der Waals surface area contributed by atoms with E-state index in [1.807, 2.05) is 32.0 Å². The number of benzene rings is 1. The first-order chi connectivity index (χ1) is 16.2. The Morgan fingerprint density at radius 3 is 2.44 bits per heavy atom. The lowest BCUT2D eigenvalue weighted by Crippen LogP contribution is -2.35. The summed E-state index contributed by atoms with van der Waals surface area (Å²) in [5, 5.41) is 12.1. The average Bonchev–Trinajstić information content (AvgIpc) is 3.32. The number of hydrogen-bond acceptors (Lipinski definition) is 6. The second-order valence-electron chi connectivity index (χ2n) is 9.47. The molecule has 1 aromatic carbocycles. The number of fused-ring (bicyclic) bond motifs is 1. The van der Waals surface area contributed by atoms with Gasteiger partial charge in [-0.1, -0.05) is 31.0 Å². The highest BCUT2D eigenvalue weighted by atomic mass is 16.3. The highest BCUT2D eigenvalue weighted by Gasteiger charge is 2.29. The summed E-state index contributed by atoms with van der Waals surface area (Å²) < 4.78 is 7.35. The molecule has 34 heavy (non-hydrogen) atoms. The summed E-state index contributed by atoms with van der Waals surface area (Å²) in [6, 6.07) is 5.56. The van der Waals surface area contributed by atoms with E-state index in [9.17, 15) is 9.59 Å². The fraction of sp³-hybridized carbons (Fsp3) is 0.480. The summed E-state index contributed by atoms with van der Waals surface area (Å²) >= 11 is 0. The van der Waals surface area contributed by atoms with E-state index in [0.717, 1.165) is 29.2 Å². The van der Waals surface area contributed by atoms with E-state index in [2.05, 4.69) is 38.9 Å². The van der Waals surface area contributed by atoms with Crippen LogP contribution in [0.5, 0.6) is 0 Å². The monoisotopic (exact) mass is 464 g/mol. The normalized spacial score (nSPS) is 14.6. The minimum Gasteiger partial charge on any atom is -0.438 e. The van der Waals surface area contributed by atoms with Gasteiger partial charge in [-0.3, -0.25) is 9.59 Å². The van der Waals surface area contributed by atoms with Crippen molar-refractivity contribution in [3.8, 4) is 0 Å². The number of carbonyl (C=O) groups excluding carboxylic acids is 2. The molecule has 2 amide bonds. The molecule has 1 atom stereocenters. The highest BCUT2D eigenvalue weighted by Crippen LogP contribution is 2.24. The van der Waals surface area contributed by atoms with Crippen molar-refractivity contribution in [2.24, 2.45) is 5.92 Å². The molecule has 1 N–H and O–H groups in total. The van der Waals surface area contributed by atoms with Crippen molar-refractivity contribution in [3.05, 3.63) is 64.4 Å². The van der Waals surface area contributed by atoms with Gasteiger partial charge in [0.15, 0.2) is 12.2 Å². The predicted octanol–water partition coefficient (Wildman–Crippen LogP) is 3.41. The Kier molecular flexibility index (Phi) is 6.81. The van der Waals surface area contributed by atoms with Crippen LogP contribution < -0.4 is 5.32 Å². The molecule has 180 valence electrons. The average molecular weight is 465 g/mol. The van der Waals surface area contributed by atoms with Crippen LogP contribution in [0.2, 0.25) is 0 Å². The Bertz CT molecular complexity index is 1170. The van der Waals surface area contributed by atoms with Crippen molar-refractivity contribution in [1.82, 2.24) is 30.0 Å². The Morgan fingerprint density at radius 2 is 1.79 bits per heavy atom. The number of amides is 2. The van der Waals surface area contributed by atoms with Crippen LogP contribution in [-0.2, 0) is 13.0 Å². The molecule has 0 radical (unpaired) electrons. The maximum Gasteiger partial charge on any atom is 0.291 e. The molecular weight excluding hydrogens is 432 g/mol. The molecule has 0 saturated carbocycles. The molecule has 4 rings (SSSR count). The molecular formula is C25H32N6O3. The van der Waals surface area contributed by atoms with Crippen molar-refractivity contribution < 1.29 is 14.0 Å². The summed E-state index contributed by atoms with van der Waals surface area (Å²) in [6.07, 6.45) is 2.60. The van der Waals surface area contributed by atoms with Crippen molar-refractivity contribution in [3.63, 3.8) is 0 Å². The van der Waals surface area contributed by atoms with Gasteiger partial charge in [0.25, 0.3) is 11.8 Å². The lowest BCUT2D eigenvalue weighted by atomic mass is 10.0. The van der Waals surface area contributed by atoms with Crippen LogP contribution in [0.25, 0.3) is 0 Å². The molecule has 0 aliphatic carbocycles. The van der Waals surface area contributed by atoms with Crippen LogP contribution in [0.3, 0.4) is 0 Å². The van der Waals surface area contributed by atoms with Crippen molar-refractivity contribution in [1.29, 1.82) is 0 Å². The van der Waals surface area contributed by atoms with Gasteiger partial charge in [-0.05, 0) is 45.2 Å². The maximum atomic E-state index is 13.1. The minimum absolute atomic E-state index is 0.124. The van der Waals surface area contributed by atoms with E-state index in [1.165, 1.54) is 6.39 Å². The van der Waals surface area contributed by atoms with Crippen LogP contribution in [0.15, 0.2) is 29.0 Å². The van der Waals surface area contributed by atoms with E-state index < -0.39 is 0 Å². The molecule has 0 spiro atoms. The first-order valence-corrected chi connectivity index (χ1v) is 11.7. The Hall–Kier alpha value is -3.49. The van der Waals surface area contributed by atoms with Crippen LogP contribution in [-0.4, -0.2) is 49.6 Å². The number of nitrogens with zero attached hydrogens (tertiary/aromatic N) is 5. The van der Waals surface area contributed by atoms with Gasteiger partial charge in [0.1, 0.15) is 5.82 Å². The number of hydrogen-bond donors (Lipinski definition) is 1. The third-order valence-corrected chi connectivity index (χ3v) is 6.09. The van der Waals surface area contributed by atoms with Gasteiger partial charge >= 0.3 is 0 Å². The molecule has 3 aromatic rings. The number of nitrogens with one attached hydrogen (secondary N) is 1. The van der Waals surface area contributed by atoms with Gasteiger partial charge in [-0.2, -0.15) is 0 Å². The van der Waals surface area contributed by atoms with Crippen LogP contribution >= 0.6 is 0 Å². The quantitative estimate of drug-likeness (QED) is 0.599. The number of aryl methyl sites for hydroxylation is 3. The number of carbonyl (C=O) groups is 2. The zero-order valence-corrected chi connectivity index (χ0v) is 20.5. The fourth-order valence-electron chi connectivity index (χ4n) is 4.50. The summed E-state index contributed by atoms with van der Waals surface area (Å²) in [5.41, 5.74) is 3.32. The lowest BCUT2D eigenvalue weighted by molar-refractivity contribution is 0.0725. The first kappa shape index (κ1) is 23.7. The molecule has 1 aliphatic heterocycles. The molecule has 9 nitrogen and oxygen atoms in total. The molecule has 2 aromatic heterocycles. The summed E-state index contributed by atoms with van der Waals surface area (Å²) in [4.78, 5) is 31.9. The fourth-order valence-corrected chi connectivity index (χ4v) is 4.50. The largest absolute Gasteiger partial charge is 0.438 e. The standard InChI is InChI=1S/C25H32N6O3/c1-15(2)10-20(27-24(32)19-12-16(3)11-17(4)13-19)23-29-28-21-6-7-30(8-9-31(21)23)25(33)22-18(5)26-14-34-22/h11-15,20H,6-10H2,1-5H3,(H,27,32). The van der Waals surface area contributed by atoms with Gasteiger partial charge in [0, 0.05) is 31.6 Å². The zero-order chi connectivity index (χ0) is 24.4. The topological polar surface area (TPSA) is 106 Å². The van der Waals surface area contributed by atoms with Gasteiger partial charge in [0.05, 0.1) is 11.7 Å². The minimum atomic E-state index is -0.284. The third-order valence-electron chi connectivity index (χ3n) is 6.09. The van der Waals surface area contributed by atoms with Crippen LogP contribution in [0, 0.1) is 26.7 Å². The molecule has 1 aliphatic rings. The molecule has 0 bridgehead atoms. The molecule has 1 unspecified atom stereocenters. The van der Waals surface area contributed by atoms with Gasteiger partial charge in [-0.25, -0.2) is 4.98 Å². The van der Waals surface area contributed by atoms with E-state index >= 15 is 0 Å². The summed E-state index contributed by atoms with van der Waals surface area (Å²) in [6.45, 7) is 11.5. The van der Waals surface area contributed by atoms with Crippen molar-refractivity contribution >= 4 is 11.8 Å². The Labute approximate surface area is 199 Å². The van der Waals surface area contributed by atoms with Gasteiger partial charge < -0.3 is 19.2 Å². The van der Waals surface area contributed by atoms with Gasteiger partial charge in [0.2, 0.25) is 5.76 Å². The van der Waals surface area contributed by atoms with Crippen molar-refractivity contribution in [2.75, 3.05) is 13.1 Å². The number of oxazole rings is 1. The second-order valence-corrected chi connectivity index (χ2v) is 9.47. The Balaban J connectivity index is 1.55. The van der Waals surface area contributed by atoms with Crippen LogP contribution in [0.1, 0.15) is 75.7 Å². The maximum absolute atomic E-state index is 13.1. The molecule has 0 saturated heterocycles. The lowest BCUT2D eigenvalue weighted by Gasteiger charge is -2.22. The van der Waals surface area contributed by atoms with Crippen LogP contribution in [0.4, 0.5) is 0 Å². The van der Waals surface area contributed by atoms with E-state index in [4.69, 9.17) is 4.42 Å². The second kappa shape index (κ2) is 9.79. The first-order valence-electron chi connectivity index (χ1n) is 11.7. The van der Waals surface area contributed by atoms with E-state index in [-0.39, 0.29) is 23.6 Å². The molecule has 9 heteroatoms. The number of aromatic nitrogens is 4. The number of rotatable bonds is 6. The van der Waals surface area contributed by atoms with Crippen molar-refractivity contribution in [2.45, 2.75) is 60.0 Å². The highest BCUT2D eigenvalue weighted by molar-refractivity contribution is 5.95. The third kappa shape index (κ3) is 5.03. The summed E-state index contributed by atoms with van der Waals surface area (Å²) in [7, 11) is 0. The van der Waals surface area contributed by atoms with E-state index in [1.54, 1.807) is 11.8 Å². The smallest absolute Gasteiger partial charge is 0.291 e. The zero-order valence-electron chi connectivity index (χ0n) is 20.5. The Morgan fingerprint density at radius 1 is 1.06 bits per heavy atom. The molecule has 0 fully saturated rings. The summed E-state index contributed by atoms with van der Waals surface area (Å²) in [5.74, 6) is 1.87. The molecule has 3 heterocycles. The SMILES string of the molecule is Cc1cc(C)cc(C(=O)NC(CC(C)C)c2nnc3n2CCN(C(=O)c2ocnc2C)CC3)c1. The van der Waals surface area contributed by atoms with E-state index in [0.29, 0.717) is 43.2 Å². The predicted molar refractivity (Wildman–Crippen MR) is 126 cm³/mol.